The van der Waals surface area contributed by atoms with Crippen LogP contribution in [0.1, 0.15) is 41.4 Å². The van der Waals surface area contributed by atoms with E-state index in [-0.39, 0.29) is 5.69 Å². The Bertz CT molecular complexity index is 1240. The van der Waals surface area contributed by atoms with Crippen molar-refractivity contribution in [2.45, 2.75) is 26.8 Å². The molecule has 0 amide bonds. The molecular formula is C23H22N6O2. The van der Waals surface area contributed by atoms with Crippen LogP contribution >= 0.6 is 0 Å². The van der Waals surface area contributed by atoms with Crippen molar-refractivity contribution in [3.63, 3.8) is 0 Å². The van der Waals surface area contributed by atoms with Gasteiger partial charge in [0.25, 0.3) is 0 Å². The molecular weight excluding hydrogens is 392 g/mol. The lowest BCUT2D eigenvalue weighted by Crippen LogP contribution is -2.13. The molecule has 2 N–H and O–H groups in total. The summed E-state index contributed by atoms with van der Waals surface area (Å²) in [5.41, 5.74) is 5.11. The minimum absolute atomic E-state index is 0.177. The number of nitrogens with one attached hydrogen (secondary N) is 1. The number of aromatic carboxylic acids is 1. The summed E-state index contributed by atoms with van der Waals surface area (Å²) in [6.45, 7) is 8.03. The minimum Gasteiger partial charge on any atom is -0.477 e. The minimum atomic E-state index is -1.00. The van der Waals surface area contributed by atoms with Gasteiger partial charge < -0.3 is 9.67 Å². The number of carbonyl (C=O) groups is 1. The van der Waals surface area contributed by atoms with Gasteiger partial charge in [-0.1, -0.05) is 62.0 Å². The normalized spacial score (nSPS) is 10.9. The molecule has 0 aliphatic rings. The first-order valence-corrected chi connectivity index (χ1v) is 9.90. The highest BCUT2D eigenvalue weighted by Gasteiger charge is 2.22. The molecule has 0 atom stereocenters. The van der Waals surface area contributed by atoms with Crippen molar-refractivity contribution in [3.05, 3.63) is 77.9 Å². The number of hydrogen-bond acceptors (Lipinski definition) is 5. The maximum atomic E-state index is 11.9. The van der Waals surface area contributed by atoms with E-state index in [2.05, 4.69) is 32.2 Å². The van der Waals surface area contributed by atoms with Gasteiger partial charge in [-0.3, -0.25) is 0 Å². The molecule has 156 valence electrons. The van der Waals surface area contributed by atoms with Gasteiger partial charge in [0.1, 0.15) is 5.82 Å². The van der Waals surface area contributed by atoms with Gasteiger partial charge in [0.2, 0.25) is 5.82 Å². The van der Waals surface area contributed by atoms with Gasteiger partial charge in [-0.15, -0.1) is 10.2 Å². The fourth-order valence-corrected chi connectivity index (χ4v) is 3.63. The van der Waals surface area contributed by atoms with Gasteiger partial charge in [0.05, 0.1) is 5.69 Å². The second-order valence-corrected chi connectivity index (χ2v) is 7.23. The van der Waals surface area contributed by atoms with E-state index in [0.29, 0.717) is 30.1 Å². The Kier molecular flexibility index (Phi) is 5.44. The number of carboxylic acid groups (broad SMARTS) is 1. The summed E-state index contributed by atoms with van der Waals surface area (Å²) < 4.78 is 1.76. The van der Waals surface area contributed by atoms with Crippen LogP contribution in [0.5, 0.6) is 0 Å². The zero-order valence-electron chi connectivity index (χ0n) is 17.3. The molecule has 0 aliphatic heterocycles. The molecule has 4 aromatic rings. The second-order valence-electron chi connectivity index (χ2n) is 7.23. The number of aryl methyl sites for hydroxylation is 1. The van der Waals surface area contributed by atoms with Crippen LogP contribution in [0.25, 0.3) is 28.1 Å². The fraction of sp³-hybridized carbons (Fsp3) is 0.174. The fourth-order valence-electron chi connectivity index (χ4n) is 3.63. The van der Waals surface area contributed by atoms with E-state index >= 15 is 0 Å². The van der Waals surface area contributed by atoms with Crippen LogP contribution < -0.4 is 0 Å². The molecule has 0 spiro atoms. The van der Waals surface area contributed by atoms with E-state index in [1.165, 1.54) is 0 Å². The first-order chi connectivity index (χ1) is 15.0. The van der Waals surface area contributed by atoms with Crippen molar-refractivity contribution in [2.24, 2.45) is 0 Å². The maximum absolute atomic E-state index is 11.9. The van der Waals surface area contributed by atoms with E-state index in [0.717, 1.165) is 28.1 Å². The number of aromatic amines is 1. The Morgan fingerprint density at radius 1 is 1.13 bits per heavy atom. The molecule has 0 unspecified atom stereocenters. The summed E-state index contributed by atoms with van der Waals surface area (Å²) in [4.78, 5) is 16.4. The Labute approximate surface area is 179 Å². The summed E-state index contributed by atoms with van der Waals surface area (Å²) in [5, 5.41) is 24.1. The van der Waals surface area contributed by atoms with Crippen molar-refractivity contribution in [2.75, 3.05) is 0 Å². The lowest BCUT2D eigenvalue weighted by Gasteiger charge is -2.11. The third-order valence-electron chi connectivity index (χ3n) is 5.09. The Balaban J connectivity index is 1.69. The van der Waals surface area contributed by atoms with E-state index in [1.807, 2.05) is 55.5 Å². The Morgan fingerprint density at radius 2 is 1.84 bits per heavy atom. The van der Waals surface area contributed by atoms with Gasteiger partial charge in [-0.05, 0) is 34.4 Å². The van der Waals surface area contributed by atoms with Gasteiger partial charge in [-0.25, -0.2) is 9.78 Å². The van der Waals surface area contributed by atoms with Crippen LogP contribution in [-0.2, 0) is 13.0 Å². The number of imidazole rings is 1. The lowest BCUT2D eigenvalue weighted by atomic mass is 9.98. The highest BCUT2D eigenvalue weighted by atomic mass is 16.4. The predicted molar refractivity (Wildman–Crippen MR) is 117 cm³/mol. The molecule has 0 aliphatic carbocycles. The van der Waals surface area contributed by atoms with Crippen LogP contribution in [0.3, 0.4) is 0 Å². The zero-order valence-corrected chi connectivity index (χ0v) is 17.3. The third-order valence-corrected chi connectivity index (χ3v) is 5.09. The molecule has 2 aromatic carbocycles. The van der Waals surface area contributed by atoms with Crippen LogP contribution in [-0.4, -0.2) is 41.3 Å². The number of hydrogen-bond donors (Lipinski definition) is 2. The number of H-pyrrole nitrogens is 1. The van der Waals surface area contributed by atoms with Crippen molar-refractivity contribution < 1.29 is 9.90 Å². The zero-order chi connectivity index (χ0) is 22.0. The summed E-state index contributed by atoms with van der Waals surface area (Å²) >= 11 is 0. The number of rotatable bonds is 7. The van der Waals surface area contributed by atoms with Crippen molar-refractivity contribution >= 4 is 11.5 Å². The summed E-state index contributed by atoms with van der Waals surface area (Å²) in [7, 11) is 0. The number of carboxylic acids is 1. The number of benzene rings is 2. The molecule has 0 saturated carbocycles. The average Bonchev–Trinajstić information content (AvgIpc) is 3.42. The SMILES string of the molecule is C=C(C)c1nc(CC)n(Cc2ccc(-c3ccccc3-c3nn[nH]n3)cc2)c1C(=O)O. The van der Waals surface area contributed by atoms with Gasteiger partial charge in [-0.2, -0.15) is 5.21 Å². The molecule has 2 heterocycles. The van der Waals surface area contributed by atoms with Crippen molar-refractivity contribution in [3.8, 4) is 22.5 Å². The van der Waals surface area contributed by atoms with E-state index in [9.17, 15) is 9.90 Å². The first-order valence-electron chi connectivity index (χ1n) is 9.90. The standard InChI is InChI=1S/C23H22N6O2/c1-4-19-24-20(14(2)3)21(23(30)31)29(19)13-15-9-11-16(12-10-15)17-7-5-6-8-18(17)22-25-27-28-26-22/h5-12H,2,4,13H2,1,3H3,(H,30,31)(H,25,26,27,28). The molecule has 8 heteroatoms. The van der Waals surface area contributed by atoms with Gasteiger partial charge >= 0.3 is 5.97 Å². The van der Waals surface area contributed by atoms with E-state index < -0.39 is 5.97 Å². The van der Waals surface area contributed by atoms with Crippen LogP contribution in [0.4, 0.5) is 0 Å². The first kappa shape index (κ1) is 20.2. The molecule has 0 bridgehead atoms. The largest absolute Gasteiger partial charge is 0.477 e. The van der Waals surface area contributed by atoms with Crippen LogP contribution in [0.2, 0.25) is 0 Å². The van der Waals surface area contributed by atoms with Crippen molar-refractivity contribution in [1.82, 2.24) is 30.2 Å². The van der Waals surface area contributed by atoms with E-state index in [4.69, 9.17) is 0 Å². The molecule has 0 saturated heterocycles. The number of tetrazole rings is 1. The highest BCUT2D eigenvalue weighted by molar-refractivity contribution is 5.91. The summed E-state index contributed by atoms with van der Waals surface area (Å²) in [5.74, 6) is 0.252. The molecule has 4 rings (SSSR count). The van der Waals surface area contributed by atoms with Gasteiger partial charge in [0, 0.05) is 18.5 Å². The van der Waals surface area contributed by atoms with Gasteiger partial charge in [0.15, 0.2) is 5.69 Å². The Morgan fingerprint density at radius 3 is 2.42 bits per heavy atom. The number of nitrogens with zero attached hydrogens (tertiary/aromatic N) is 5. The van der Waals surface area contributed by atoms with Crippen molar-refractivity contribution in [1.29, 1.82) is 0 Å². The highest BCUT2D eigenvalue weighted by Crippen LogP contribution is 2.30. The molecule has 8 nitrogen and oxygen atoms in total. The number of aromatic nitrogens is 6. The Hall–Kier alpha value is -4.07. The molecule has 0 fully saturated rings. The molecule has 2 aromatic heterocycles. The predicted octanol–water partition coefficient (Wildman–Crippen LogP) is 4.07. The summed E-state index contributed by atoms with van der Waals surface area (Å²) in [6.07, 6.45) is 0.629. The lowest BCUT2D eigenvalue weighted by molar-refractivity contribution is 0.0685. The molecule has 0 radical (unpaired) electrons. The second kappa shape index (κ2) is 8.35. The smallest absolute Gasteiger partial charge is 0.354 e. The monoisotopic (exact) mass is 414 g/mol. The quantitative estimate of drug-likeness (QED) is 0.472. The third kappa shape index (κ3) is 3.87. The summed E-state index contributed by atoms with van der Waals surface area (Å²) in [6, 6.07) is 15.9. The molecule has 31 heavy (non-hydrogen) atoms. The number of allylic oxidation sites excluding steroid dienone is 1. The van der Waals surface area contributed by atoms with E-state index in [1.54, 1.807) is 11.5 Å². The van der Waals surface area contributed by atoms with Crippen LogP contribution in [0.15, 0.2) is 55.1 Å². The topological polar surface area (TPSA) is 110 Å². The average molecular weight is 414 g/mol. The maximum Gasteiger partial charge on any atom is 0.354 e. The van der Waals surface area contributed by atoms with Crippen LogP contribution in [0, 0.1) is 0 Å².